The molecule has 1 aliphatic rings. The molecular weight excluding hydrogens is 268 g/mol. The quantitative estimate of drug-likeness (QED) is 0.783. The first kappa shape index (κ1) is 14.4. The van der Waals surface area contributed by atoms with Gasteiger partial charge >= 0.3 is 5.97 Å². The van der Waals surface area contributed by atoms with Crippen molar-refractivity contribution in [2.45, 2.75) is 25.8 Å². The molecule has 4 nitrogen and oxygen atoms in total. The summed E-state index contributed by atoms with van der Waals surface area (Å²) >= 11 is 0. The van der Waals surface area contributed by atoms with Gasteiger partial charge in [0.25, 0.3) is 0 Å². The minimum atomic E-state index is -0.928. The van der Waals surface area contributed by atoms with E-state index in [1.165, 1.54) is 11.8 Å². The number of amides is 1. The summed E-state index contributed by atoms with van der Waals surface area (Å²) in [7, 11) is 1.10. The van der Waals surface area contributed by atoms with Crippen LogP contribution < -0.4 is 0 Å². The number of methoxy groups -OCH3 is 1. The van der Waals surface area contributed by atoms with E-state index in [-0.39, 0.29) is 11.5 Å². The molecule has 0 radical (unpaired) electrons. The van der Waals surface area contributed by atoms with Crippen molar-refractivity contribution in [1.82, 2.24) is 4.90 Å². The number of hydrogen-bond donors (Lipinski definition) is 0. The molecular formula is C14H15F2NO3. The van der Waals surface area contributed by atoms with Crippen LogP contribution in [0.2, 0.25) is 0 Å². The molecule has 1 aliphatic heterocycles. The standard InChI is InChI=1S/C14H15F2NO3/c1-8(18)17-5-3-4-13(17)9-6-12(16)10(7-11(9)15)14(19)20-2/h6-7,13H,3-5H2,1-2H3. The van der Waals surface area contributed by atoms with Gasteiger partial charge in [0.05, 0.1) is 18.7 Å². The van der Waals surface area contributed by atoms with E-state index in [0.717, 1.165) is 25.7 Å². The lowest BCUT2D eigenvalue weighted by atomic mass is 10.0. The second kappa shape index (κ2) is 5.56. The van der Waals surface area contributed by atoms with Gasteiger partial charge in [0, 0.05) is 19.0 Å². The highest BCUT2D eigenvalue weighted by atomic mass is 19.1. The number of ether oxygens (including phenoxy) is 1. The maximum Gasteiger partial charge on any atom is 0.340 e. The van der Waals surface area contributed by atoms with Crippen molar-refractivity contribution in [3.8, 4) is 0 Å². The minimum absolute atomic E-state index is 0.0999. The maximum absolute atomic E-state index is 14.1. The molecule has 0 aromatic heterocycles. The summed E-state index contributed by atoms with van der Waals surface area (Å²) in [6.07, 6.45) is 1.32. The third kappa shape index (κ3) is 2.50. The number of likely N-dealkylation sites (tertiary alicyclic amines) is 1. The summed E-state index contributed by atoms with van der Waals surface area (Å²) in [6.45, 7) is 1.93. The normalized spacial score (nSPS) is 18.2. The van der Waals surface area contributed by atoms with Crippen molar-refractivity contribution < 1.29 is 23.1 Å². The Morgan fingerprint density at radius 3 is 2.60 bits per heavy atom. The second-order valence-corrected chi connectivity index (χ2v) is 4.72. The van der Waals surface area contributed by atoms with Gasteiger partial charge in [0.1, 0.15) is 11.6 Å². The molecule has 0 bridgehead atoms. The Bertz CT molecular complexity index is 560. The van der Waals surface area contributed by atoms with E-state index in [4.69, 9.17) is 0 Å². The molecule has 0 aliphatic carbocycles. The third-order valence-electron chi connectivity index (χ3n) is 3.51. The number of rotatable bonds is 2. The van der Waals surface area contributed by atoms with E-state index in [9.17, 15) is 18.4 Å². The number of halogens is 2. The summed E-state index contributed by atoms with van der Waals surface area (Å²) in [5.74, 6) is -2.65. The first-order valence-corrected chi connectivity index (χ1v) is 6.30. The van der Waals surface area contributed by atoms with Crippen LogP contribution in [0.5, 0.6) is 0 Å². The molecule has 0 saturated carbocycles. The molecule has 1 aromatic carbocycles. The van der Waals surface area contributed by atoms with Gasteiger partial charge in [-0.1, -0.05) is 0 Å². The predicted molar refractivity (Wildman–Crippen MR) is 67.1 cm³/mol. The fourth-order valence-corrected chi connectivity index (χ4v) is 2.55. The maximum atomic E-state index is 14.1. The smallest absolute Gasteiger partial charge is 0.340 e. The molecule has 1 heterocycles. The van der Waals surface area contributed by atoms with Crippen molar-refractivity contribution in [2.24, 2.45) is 0 Å². The number of esters is 1. The van der Waals surface area contributed by atoms with Crippen LogP contribution >= 0.6 is 0 Å². The van der Waals surface area contributed by atoms with Crippen molar-refractivity contribution in [1.29, 1.82) is 0 Å². The van der Waals surface area contributed by atoms with E-state index in [1.807, 2.05) is 0 Å². The molecule has 1 amide bonds. The molecule has 20 heavy (non-hydrogen) atoms. The van der Waals surface area contributed by atoms with Crippen LogP contribution in [0.25, 0.3) is 0 Å². The van der Waals surface area contributed by atoms with Crippen molar-refractivity contribution in [2.75, 3.05) is 13.7 Å². The zero-order chi connectivity index (χ0) is 14.9. The molecule has 1 fully saturated rings. The molecule has 0 spiro atoms. The van der Waals surface area contributed by atoms with Crippen LogP contribution in [0.3, 0.4) is 0 Å². The Hall–Kier alpha value is -1.98. The molecule has 6 heteroatoms. The monoisotopic (exact) mass is 283 g/mol. The summed E-state index contributed by atoms with van der Waals surface area (Å²) in [5.41, 5.74) is -0.344. The van der Waals surface area contributed by atoms with E-state index >= 15 is 0 Å². The van der Waals surface area contributed by atoms with Gasteiger partial charge in [0.2, 0.25) is 5.91 Å². The van der Waals surface area contributed by atoms with E-state index < -0.39 is 29.2 Å². The predicted octanol–water partition coefficient (Wildman–Crippen LogP) is 2.43. The summed E-state index contributed by atoms with van der Waals surface area (Å²) in [4.78, 5) is 24.3. The molecule has 1 atom stereocenters. The number of benzene rings is 1. The van der Waals surface area contributed by atoms with E-state index in [0.29, 0.717) is 13.0 Å². The summed E-state index contributed by atoms with van der Waals surface area (Å²) in [5, 5.41) is 0. The molecule has 1 saturated heterocycles. The summed E-state index contributed by atoms with van der Waals surface area (Å²) in [6, 6.07) is 1.33. The van der Waals surface area contributed by atoms with Crippen molar-refractivity contribution >= 4 is 11.9 Å². The van der Waals surface area contributed by atoms with Gasteiger partial charge in [-0.05, 0) is 25.0 Å². The number of carbonyl (C=O) groups is 2. The Kier molecular flexibility index (Phi) is 4.01. The lowest BCUT2D eigenvalue weighted by Crippen LogP contribution is -2.28. The van der Waals surface area contributed by atoms with Crippen LogP contribution in [0.1, 0.15) is 41.7 Å². The zero-order valence-corrected chi connectivity index (χ0v) is 11.3. The Labute approximate surface area is 115 Å². The molecule has 1 aromatic rings. The van der Waals surface area contributed by atoms with Crippen LogP contribution in [0, 0.1) is 11.6 Å². The highest BCUT2D eigenvalue weighted by molar-refractivity contribution is 5.89. The number of nitrogens with zero attached hydrogens (tertiary/aromatic N) is 1. The first-order valence-electron chi connectivity index (χ1n) is 6.30. The van der Waals surface area contributed by atoms with Gasteiger partial charge in [-0.3, -0.25) is 4.79 Å². The SMILES string of the molecule is COC(=O)c1cc(F)c(C2CCCN2C(C)=O)cc1F. The zero-order valence-electron chi connectivity index (χ0n) is 11.3. The van der Waals surface area contributed by atoms with Gasteiger partial charge in [0.15, 0.2) is 0 Å². The van der Waals surface area contributed by atoms with Crippen molar-refractivity contribution in [3.63, 3.8) is 0 Å². The largest absolute Gasteiger partial charge is 0.465 e. The molecule has 2 rings (SSSR count). The summed E-state index contributed by atoms with van der Waals surface area (Å²) < 4.78 is 32.4. The lowest BCUT2D eigenvalue weighted by molar-refractivity contribution is -0.129. The average molecular weight is 283 g/mol. The Morgan fingerprint density at radius 1 is 1.30 bits per heavy atom. The van der Waals surface area contributed by atoms with Gasteiger partial charge < -0.3 is 9.64 Å². The average Bonchev–Trinajstić information content (AvgIpc) is 2.89. The fourth-order valence-electron chi connectivity index (χ4n) is 2.55. The van der Waals surface area contributed by atoms with Crippen molar-refractivity contribution in [3.05, 3.63) is 34.9 Å². The first-order chi connectivity index (χ1) is 9.45. The highest BCUT2D eigenvalue weighted by Gasteiger charge is 2.31. The second-order valence-electron chi connectivity index (χ2n) is 4.72. The number of carbonyl (C=O) groups excluding carboxylic acids is 2. The van der Waals surface area contributed by atoms with E-state index in [2.05, 4.69) is 4.74 Å². The highest BCUT2D eigenvalue weighted by Crippen LogP contribution is 2.34. The lowest BCUT2D eigenvalue weighted by Gasteiger charge is -2.24. The van der Waals surface area contributed by atoms with Gasteiger partial charge in [-0.25, -0.2) is 13.6 Å². The van der Waals surface area contributed by atoms with Gasteiger partial charge in [-0.15, -0.1) is 0 Å². The molecule has 1 unspecified atom stereocenters. The van der Waals surface area contributed by atoms with Crippen LogP contribution in [0.15, 0.2) is 12.1 Å². The minimum Gasteiger partial charge on any atom is -0.465 e. The topological polar surface area (TPSA) is 46.6 Å². The molecule has 0 N–H and O–H groups in total. The number of hydrogen-bond acceptors (Lipinski definition) is 3. The Morgan fingerprint density at radius 2 is 2.00 bits per heavy atom. The van der Waals surface area contributed by atoms with Crippen LogP contribution in [-0.4, -0.2) is 30.4 Å². The van der Waals surface area contributed by atoms with Gasteiger partial charge in [-0.2, -0.15) is 0 Å². The van der Waals surface area contributed by atoms with Crippen LogP contribution in [-0.2, 0) is 9.53 Å². The third-order valence-corrected chi connectivity index (χ3v) is 3.51. The molecule has 108 valence electrons. The van der Waals surface area contributed by atoms with E-state index in [1.54, 1.807) is 0 Å². The van der Waals surface area contributed by atoms with Crippen LogP contribution in [0.4, 0.5) is 8.78 Å². The Balaban J connectivity index is 2.41. The fraction of sp³-hybridized carbons (Fsp3) is 0.429.